The fourth-order valence-corrected chi connectivity index (χ4v) is 2.81. The van der Waals surface area contributed by atoms with E-state index < -0.39 is 5.97 Å². The number of aryl methyl sites for hydroxylation is 1. The average Bonchev–Trinajstić information content (AvgIpc) is 2.98. The van der Waals surface area contributed by atoms with E-state index in [4.69, 9.17) is 9.47 Å². The van der Waals surface area contributed by atoms with Crippen molar-refractivity contribution in [3.8, 4) is 11.5 Å². The molecule has 0 aliphatic heterocycles. The van der Waals surface area contributed by atoms with Crippen LogP contribution in [0.4, 0.5) is 5.69 Å². The molecule has 3 aromatic rings. The summed E-state index contributed by atoms with van der Waals surface area (Å²) in [4.78, 5) is 27.4. The zero-order valence-corrected chi connectivity index (χ0v) is 15.3. The molecule has 0 atom stereocenters. The summed E-state index contributed by atoms with van der Waals surface area (Å²) in [6.07, 6.45) is 0. The Hall–Kier alpha value is -3.54. The Balaban J connectivity index is 1.72. The van der Waals surface area contributed by atoms with Crippen LogP contribution in [0.3, 0.4) is 0 Å². The van der Waals surface area contributed by atoms with Gasteiger partial charge in [-0.3, -0.25) is 4.79 Å². The number of amides is 1. The van der Waals surface area contributed by atoms with Gasteiger partial charge in [0.05, 0.1) is 12.7 Å². The number of anilines is 1. The summed E-state index contributed by atoms with van der Waals surface area (Å²) in [5, 5.41) is 2.81. The molecule has 1 aromatic heterocycles. The molecule has 0 fully saturated rings. The number of aromatic amines is 1. The zero-order chi connectivity index (χ0) is 19.4. The van der Waals surface area contributed by atoms with Gasteiger partial charge in [-0.2, -0.15) is 0 Å². The molecule has 1 heterocycles. The van der Waals surface area contributed by atoms with Crippen molar-refractivity contribution in [1.82, 2.24) is 4.98 Å². The summed E-state index contributed by atoms with van der Waals surface area (Å²) in [5.41, 5.74) is 2.48. The molecule has 6 heteroatoms. The smallest absolute Gasteiger partial charge is 0.339 e. The highest BCUT2D eigenvalue weighted by molar-refractivity contribution is 6.06. The molecule has 0 spiro atoms. The van der Waals surface area contributed by atoms with Crippen LogP contribution < -0.4 is 10.1 Å². The molecule has 6 nitrogen and oxygen atoms in total. The molecule has 1 amide bonds. The van der Waals surface area contributed by atoms with Gasteiger partial charge in [0.1, 0.15) is 17.2 Å². The van der Waals surface area contributed by atoms with Gasteiger partial charge >= 0.3 is 5.97 Å². The van der Waals surface area contributed by atoms with Crippen LogP contribution in [0.25, 0.3) is 0 Å². The second-order valence-corrected chi connectivity index (χ2v) is 6.01. The maximum absolute atomic E-state index is 12.6. The lowest BCUT2D eigenvalue weighted by Gasteiger charge is -2.08. The lowest BCUT2D eigenvalue weighted by Crippen LogP contribution is -2.14. The van der Waals surface area contributed by atoms with Crippen molar-refractivity contribution in [2.75, 3.05) is 12.4 Å². The number of carbonyl (C=O) groups excluding carboxylic acids is 2. The Morgan fingerprint density at radius 1 is 0.926 bits per heavy atom. The average molecular weight is 364 g/mol. The van der Waals surface area contributed by atoms with E-state index in [2.05, 4.69) is 10.3 Å². The highest BCUT2D eigenvalue weighted by Crippen LogP contribution is 2.24. The number of ether oxygens (including phenoxy) is 2. The Bertz CT molecular complexity index is 960. The van der Waals surface area contributed by atoms with Crippen LogP contribution >= 0.6 is 0 Å². The van der Waals surface area contributed by atoms with E-state index in [0.717, 1.165) is 5.75 Å². The van der Waals surface area contributed by atoms with Crippen LogP contribution in [0.2, 0.25) is 0 Å². The molecule has 27 heavy (non-hydrogen) atoms. The van der Waals surface area contributed by atoms with Crippen molar-refractivity contribution in [2.45, 2.75) is 13.8 Å². The number of H-pyrrole nitrogens is 1. The fraction of sp³-hybridized carbons (Fsp3) is 0.143. The number of carbonyl (C=O) groups is 2. The first kappa shape index (κ1) is 18.3. The number of rotatable bonds is 5. The third kappa shape index (κ3) is 4.00. The molecule has 0 unspecified atom stereocenters. The summed E-state index contributed by atoms with van der Waals surface area (Å²) < 4.78 is 10.5. The maximum atomic E-state index is 12.6. The van der Waals surface area contributed by atoms with Crippen molar-refractivity contribution >= 4 is 17.6 Å². The van der Waals surface area contributed by atoms with E-state index in [0.29, 0.717) is 34.0 Å². The SMILES string of the molecule is COC(=O)c1c(C)[nH]c(C(=O)Nc2ccc(Oc3ccccc3)cc2)c1C. The molecular weight excluding hydrogens is 344 g/mol. The summed E-state index contributed by atoms with van der Waals surface area (Å²) in [6, 6.07) is 16.5. The first-order chi connectivity index (χ1) is 13.0. The van der Waals surface area contributed by atoms with Gasteiger partial charge in [0.2, 0.25) is 0 Å². The van der Waals surface area contributed by atoms with E-state index in [1.807, 2.05) is 30.3 Å². The van der Waals surface area contributed by atoms with Crippen LogP contribution in [-0.4, -0.2) is 24.0 Å². The molecule has 138 valence electrons. The zero-order valence-electron chi connectivity index (χ0n) is 15.3. The molecule has 2 N–H and O–H groups in total. The Kier molecular flexibility index (Phi) is 5.26. The number of hydrogen-bond acceptors (Lipinski definition) is 4. The maximum Gasteiger partial charge on any atom is 0.339 e. The fourth-order valence-electron chi connectivity index (χ4n) is 2.81. The van der Waals surface area contributed by atoms with Crippen LogP contribution in [0.5, 0.6) is 11.5 Å². The summed E-state index contributed by atoms with van der Waals surface area (Å²) in [7, 11) is 1.31. The third-order valence-electron chi connectivity index (χ3n) is 4.15. The predicted octanol–water partition coefficient (Wildman–Crippen LogP) is 4.46. The van der Waals surface area contributed by atoms with Gasteiger partial charge in [0.25, 0.3) is 5.91 Å². The van der Waals surface area contributed by atoms with E-state index >= 15 is 0 Å². The van der Waals surface area contributed by atoms with Crippen molar-refractivity contribution in [3.05, 3.63) is 77.1 Å². The Morgan fingerprint density at radius 3 is 2.19 bits per heavy atom. The number of aromatic nitrogens is 1. The number of nitrogens with one attached hydrogen (secondary N) is 2. The van der Waals surface area contributed by atoms with Crippen LogP contribution in [-0.2, 0) is 4.74 Å². The summed E-state index contributed by atoms with van der Waals surface area (Å²) in [6.45, 7) is 3.44. The lowest BCUT2D eigenvalue weighted by molar-refractivity contribution is 0.0599. The molecule has 3 rings (SSSR count). The van der Waals surface area contributed by atoms with Gasteiger partial charge in [-0.05, 0) is 55.8 Å². The highest BCUT2D eigenvalue weighted by atomic mass is 16.5. The predicted molar refractivity (Wildman–Crippen MR) is 103 cm³/mol. The quantitative estimate of drug-likeness (QED) is 0.655. The standard InChI is InChI=1S/C21H20N2O4/c1-13-18(21(25)26-3)14(2)22-19(13)20(24)23-15-9-11-17(12-10-15)27-16-7-5-4-6-8-16/h4-12,22H,1-3H3,(H,23,24). The Labute approximate surface area is 157 Å². The van der Waals surface area contributed by atoms with E-state index in [1.54, 1.807) is 38.1 Å². The minimum atomic E-state index is -0.470. The molecular formula is C21H20N2O4. The van der Waals surface area contributed by atoms with E-state index in [-0.39, 0.29) is 5.91 Å². The van der Waals surface area contributed by atoms with Gasteiger partial charge in [-0.15, -0.1) is 0 Å². The minimum Gasteiger partial charge on any atom is -0.465 e. The van der Waals surface area contributed by atoms with E-state index in [9.17, 15) is 9.59 Å². The normalized spacial score (nSPS) is 10.3. The third-order valence-corrected chi connectivity index (χ3v) is 4.15. The minimum absolute atomic E-state index is 0.331. The monoisotopic (exact) mass is 364 g/mol. The molecule has 0 saturated heterocycles. The lowest BCUT2D eigenvalue weighted by atomic mass is 10.1. The van der Waals surface area contributed by atoms with Crippen molar-refractivity contribution in [3.63, 3.8) is 0 Å². The number of para-hydroxylation sites is 1. The molecule has 0 aliphatic rings. The summed E-state index contributed by atoms with van der Waals surface area (Å²) >= 11 is 0. The first-order valence-electron chi connectivity index (χ1n) is 8.41. The van der Waals surface area contributed by atoms with Gasteiger partial charge in [0.15, 0.2) is 0 Å². The Morgan fingerprint density at radius 2 is 1.56 bits per heavy atom. The molecule has 0 bridgehead atoms. The van der Waals surface area contributed by atoms with Crippen LogP contribution in [0.15, 0.2) is 54.6 Å². The number of benzene rings is 2. The van der Waals surface area contributed by atoms with Gasteiger partial charge < -0.3 is 19.8 Å². The molecule has 0 aliphatic carbocycles. The largest absolute Gasteiger partial charge is 0.465 e. The van der Waals surface area contributed by atoms with Crippen LogP contribution in [0.1, 0.15) is 32.1 Å². The number of esters is 1. The number of hydrogen-bond donors (Lipinski definition) is 2. The molecule has 2 aromatic carbocycles. The molecule has 0 radical (unpaired) electrons. The number of methoxy groups -OCH3 is 1. The van der Waals surface area contributed by atoms with Gasteiger partial charge in [-0.25, -0.2) is 4.79 Å². The van der Waals surface area contributed by atoms with Crippen molar-refractivity contribution < 1.29 is 19.1 Å². The van der Waals surface area contributed by atoms with E-state index in [1.165, 1.54) is 7.11 Å². The second-order valence-electron chi connectivity index (χ2n) is 6.01. The topological polar surface area (TPSA) is 80.4 Å². The second kappa shape index (κ2) is 7.78. The van der Waals surface area contributed by atoms with Gasteiger partial charge in [-0.1, -0.05) is 18.2 Å². The summed E-state index contributed by atoms with van der Waals surface area (Å²) in [5.74, 6) is 0.603. The van der Waals surface area contributed by atoms with Crippen molar-refractivity contribution in [2.24, 2.45) is 0 Å². The van der Waals surface area contributed by atoms with Crippen molar-refractivity contribution in [1.29, 1.82) is 0 Å². The highest BCUT2D eigenvalue weighted by Gasteiger charge is 2.22. The molecule has 0 saturated carbocycles. The van der Waals surface area contributed by atoms with Gasteiger partial charge in [0, 0.05) is 11.4 Å². The first-order valence-corrected chi connectivity index (χ1v) is 8.41. The van der Waals surface area contributed by atoms with Crippen LogP contribution in [0, 0.1) is 13.8 Å².